The summed E-state index contributed by atoms with van der Waals surface area (Å²) in [5.41, 5.74) is 0.724. The smallest absolute Gasteiger partial charge is 0.306 e. The first kappa shape index (κ1) is 13.1. The zero-order chi connectivity index (χ0) is 11.9. The maximum atomic E-state index is 12.0. The van der Waals surface area contributed by atoms with Crippen molar-refractivity contribution >= 4 is 13.7 Å². The van der Waals surface area contributed by atoms with E-state index in [4.69, 9.17) is 9.05 Å². The molecule has 4 nitrogen and oxygen atoms in total. The number of hydrogen-bond acceptors (Lipinski definition) is 4. The number of pyridine rings is 1. The molecule has 1 rings (SSSR count). The van der Waals surface area contributed by atoms with Gasteiger partial charge in [0.05, 0.1) is 18.9 Å². The zero-order valence-electron chi connectivity index (χ0n) is 9.50. The van der Waals surface area contributed by atoms with E-state index in [9.17, 15) is 4.57 Å². The van der Waals surface area contributed by atoms with Crippen molar-refractivity contribution in [3.8, 4) is 0 Å². The molecule has 0 bridgehead atoms. The Labute approximate surface area is 95.8 Å². The molecule has 0 saturated heterocycles. The molecule has 16 heavy (non-hydrogen) atoms. The normalized spacial score (nSPS) is 12.1. The third kappa shape index (κ3) is 4.27. The van der Waals surface area contributed by atoms with E-state index in [1.165, 1.54) is 5.82 Å². The summed E-state index contributed by atoms with van der Waals surface area (Å²) in [5.74, 6) is 1.45. The topological polar surface area (TPSA) is 48.4 Å². The lowest BCUT2D eigenvalue weighted by molar-refractivity contribution is 0.229. The summed E-state index contributed by atoms with van der Waals surface area (Å²) in [6, 6.07) is 5.50. The van der Waals surface area contributed by atoms with Crippen LogP contribution in [0.1, 0.15) is 19.5 Å². The second-order valence-electron chi connectivity index (χ2n) is 2.95. The van der Waals surface area contributed by atoms with Gasteiger partial charge in [-0.15, -0.1) is 0 Å². The van der Waals surface area contributed by atoms with Crippen molar-refractivity contribution in [1.82, 2.24) is 4.98 Å². The van der Waals surface area contributed by atoms with Crippen molar-refractivity contribution in [3.63, 3.8) is 0 Å². The van der Waals surface area contributed by atoms with Crippen LogP contribution in [0.4, 0.5) is 0 Å². The molecule has 88 valence electrons. The van der Waals surface area contributed by atoms with E-state index in [-0.39, 0.29) is 0 Å². The van der Waals surface area contributed by atoms with Gasteiger partial charge in [-0.3, -0.25) is 9.55 Å². The molecule has 0 aliphatic heterocycles. The van der Waals surface area contributed by atoms with Crippen LogP contribution < -0.4 is 0 Å². The first-order chi connectivity index (χ1) is 7.70. The second-order valence-corrected chi connectivity index (χ2v) is 4.84. The molecule has 0 fully saturated rings. The van der Waals surface area contributed by atoms with Crippen LogP contribution >= 0.6 is 7.60 Å². The molecule has 1 aromatic heterocycles. The minimum atomic E-state index is -3.11. The Bertz CT molecular complexity index is 368. The highest BCUT2D eigenvalue weighted by molar-refractivity contribution is 7.57. The maximum absolute atomic E-state index is 12.0. The largest absolute Gasteiger partial charge is 0.354 e. The summed E-state index contributed by atoms with van der Waals surface area (Å²) >= 11 is 0. The molecule has 0 amide bonds. The maximum Gasteiger partial charge on any atom is 0.354 e. The molecule has 1 aromatic rings. The summed E-state index contributed by atoms with van der Waals surface area (Å²) < 4.78 is 22.2. The van der Waals surface area contributed by atoms with Crippen LogP contribution in [0, 0.1) is 0 Å². The highest BCUT2D eigenvalue weighted by atomic mass is 31.2. The molecule has 0 aromatic carbocycles. The van der Waals surface area contributed by atoms with Gasteiger partial charge in [-0.25, -0.2) is 0 Å². The van der Waals surface area contributed by atoms with Gasteiger partial charge in [-0.2, -0.15) is 0 Å². The Morgan fingerprint density at radius 3 is 2.50 bits per heavy atom. The highest BCUT2D eigenvalue weighted by Gasteiger charge is 2.18. The summed E-state index contributed by atoms with van der Waals surface area (Å²) in [6.07, 6.45) is 3.32. The number of hydrogen-bond donors (Lipinski definition) is 0. The molecule has 1 heterocycles. The predicted molar refractivity (Wildman–Crippen MR) is 64.1 cm³/mol. The average molecular weight is 241 g/mol. The molecule has 0 saturated carbocycles. The lowest BCUT2D eigenvalue weighted by Crippen LogP contribution is -1.92. The molecule has 5 heteroatoms. The van der Waals surface area contributed by atoms with Crippen molar-refractivity contribution in [2.75, 3.05) is 13.2 Å². The van der Waals surface area contributed by atoms with Crippen LogP contribution in [0.3, 0.4) is 0 Å². The fraction of sp³-hybridized carbons (Fsp3) is 0.364. The fourth-order valence-electron chi connectivity index (χ4n) is 1.13. The van der Waals surface area contributed by atoms with Crippen LogP contribution in [0.2, 0.25) is 0 Å². The first-order valence-corrected chi connectivity index (χ1v) is 6.80. The molecule has 0 radical (unpaired) electrons. The molecular formula is C11H16NO3P. The Balaban J connectivity index is 2.75. The lowest BCUT2D eigenvalue weighted by Gasteiger charge is -2.12. The third-order valence-corrected chi connectivity index (χ3v) is 3.48. The van der Waals surface area contributed by atoms with E-state index in [0.717, 1.165) is 5.69 Å². The molecule has 0 N–H and O–H groups in total. The van der Waals surface area contributed by atoms with Gasteiger partial charge < -0.3 is 9.05 Å². The van der Waals surface area contributed by atoms with Gasteiger partial charge in [0.1, 0.15) is 0 Å². The summed E-state index contributed by atoms with van der Waals surface area (Å²) in [6.45, 7) is 4.26. The van der Waals surface area contributed by atoms with Crippen LogP contribution in [-0.4, -0.2) is 18.2 Å². The van der Waals surface area contributed by atoms with Gasteiger partial charge in [-0.05, 0) is 32.1 Å². The standard InChI is InChI=1S/C11H16NO3P/c1-3-14-16(13,15-4-2)10-8-11-7-5-6-9-12-11/h5-10H,3-4H2,1-2H3. The number of nitrogens with zero attached hydrogens (tertiary/aromatic N) is 1. The van der Waals surface area contributed by atoms with Crippen LogP contribution in [0.5, 0.6) is 0 Å². The number of rotatable bonds is 6. The molecule has 0 aliphatic rings. The number of aromatic nitrogens is 1. The monoisotopic (exact) mass is 241 g/mol. The summed E-state index contributed by atoms with van der Waals surface area (Å²) in [7, 11) is -3.11. The van der Waals surface area contributed by atoms with Gasteiger partial charge in [0, 0.05) is 12.0 Å². The Morgan fingerprint density at radius 1 is 1.31 bits per heavy atom. The van der Waals surface area contributed by atoms with Gasteiger partial charge in [0.15, 0.2) is 0 Å². The predicted octanol–water partition coefficient (Wildman–Crippen LogP) is 3.32. The van der Waals surface area contributed by atoms with Gasteiger partial charge >= 0.3 is 7.60 Å². The second kappa shape index (κ2) is 6.59. The first-order valence-electron chi connectivity index (χ1n) is 5.19. The van der Waals surface area contributed by atoms with Crippen molar-refractivity contribution in [2.45, 2.75) is 13.8 Å². The lowest BCUT2D eigenvalue weighted by atomic mass is 10.3. The van der Waals surface area contributed by atoms with Crippen molar-refractivity contribution in [3.05, 3.63) is 35.9 Å². The van der Waals surface area contributed by atoms with E-state index >= 15 is 0 Å². The molecule has 0 aliphatic carbocycles. The molecular weight excluding hydrogens is 225 g/mol. The molecule has 0 spiro atoms. The summed E-state index contributed by atoms with van der Waals surface area (Å²) in [5, 5.41) is 0. The van der Waals surface area contributed by atoms with Crippen LogP contribution in [0.25, 0.3) is 6.08 Å². The minimum Gasteiger partial charge on any atom is -0.306 e. The van der Waals surface area contributed by atoms with Crippen LogP contribution in [-0.2, 0) is 13.6 Å². The Hall–Kier alpha value is -0.960. The van der Waals surface area contributed by atoms with E-state index < -0.39 is 7.60 Å². The van der Waals surface area contributed by atoms with Crippen molar-refractivity contribution < 1.29 is 13.6 Å². The molecule has 0 atom stereocenters. The van der Waals surface area contributed by atoms with Gasteiger partial charge in [0.2, 0.25) is 0 Å². The zero-order valence-corrected chi connectivity index (χ0v) is 10.4. The van der Waals surface area contributed by atoms with Crippen molar-refractivity contribution in [1.29, 1.82) is 0 Å². The SMILES string of the molecule is CCOP(=O)(C=Cc1ccccn1)OCC. The minimum absolute atomic E-state index is 0.351. The average Bonchev–Trinajstić information content (AvgIpc) is 2.29. The van der Waals surface area contributed by atoms with E-state index in [0.29, 0.717) is 13.2 Å². The van der Waals surface area contributed by atoms with E-state index in [1.807, 2.05) is 18.2 Å². The van der Waals surface area contributed by atoms with Gasteiger partial charge in [0.25, 0.3) is 0 Å². The van der Waals surface area contributed by atoms with Crippen LogP contribution in [0.15, 0.2) is 30.2 Å². The Morgan fingerprint density at radius 2 is 2.00 bits per heavy atom. The van der Waals surface area contributed by atoms with Gasteiger partial charge in [-0.1, -0.05) is 6.07 Å². The van der Waals surface area contributed by atoms with Crippen molar-refractivity contribution in [2.24, 2.45) is 0 Å². The molecule has 0 unspecified atom stereocenters. The van der Waals surface area contributed by atoms with E-state index in [2.05, 4.69) is 4.98 Å². The highest BCUT2D eigenvalue weighted by Crippen LogP contribution is 2.49. The Kier molecular flexibility index (Phi) is 5.39. The quantitative estimate of drug-likeness (QED) is 0.717. The summed E-state index contributed by atoms with van der Waals surface area (Å²) in [4.78, 5) is 4.08. The fourth-order valence-corrected chi connectivity index (χ4v) is 2.43. The van der Waals surface area contributed by atoms with E-state index in [1.54, 1.807) is 26.1 Å². The third-order valence-electron chi connectivity index (χ3n) is 1.73.